The van der Waals surface area contributed by atoms with E-state index in [1.807, 2.05) is 12.1 Å². The molecule has 0 aromatic carbocycles. The molecule has 3 unspecified atom stereocenters. The average Bonchev–Trinajstić information content (AvgIpc) is 2.72. The summed E-state index contributed by atoms with van der Waals surface area (Å²) in [5.41, 5.74) is 6.80. The van der Waals surface area contributed by atoms with E-state index in [9.17, 15) is 4.79 Å². The Bertz CT molecular complexity index is 307. The van der Waals surface area contributed by atoms with Crippen LogP contribution in [-0.4, -0.2) is 16.1 Å². The number of carbonyl (C=O) groups is 1. The summed E-state index contributed by atoms with van der Waals surface area (Å²) in [7, 11) is 0. The summed E-state index contributed by atoms with van der Waals surface area (Å²) in [5.74, 6) is -0.860. The molecule has 0 saturated heterocycles. The van der Waals surface area contributed by atoms with E-state index in [0.717, 1.165) is 5.69 Å². The third-order valence-corrected chi connectivity index (χ3v) is 2.60. The largest absolute Gasteiger partial charge is 0.481 e. The highest BCUT2D eigenvalue weighted by Gasteiger charge is 2.47. The molecule has 1 aromatic rings. The minimum Gasteiger partial charge on any atom is -0.481 e. The van der Waals surface area contributed by atoms with Gasteiger partial charge >= 0.3 is 5.97 Å². The van der Waals surface area contributed by atoms with Gasteiger partial charge in [-0.3, -0.25) is 4.79 Å². The molecule has 1 aliphatic rings. The normalized spacial score (nSPS) is 28.4. The van der Waals surface area contributed by atoms with Crippen molar-refractivity contribution in [3.63, 3.8) is 0 Å². The van der Waals surface area contributed by atoms with E-state index >= 15 is 0 Å². The van der Waals surface area contributed by atoms with Crippen molar-refractivity contribution >= 4 is 5.97 Å². The van der Waals surface area contributed by atoms with Gasteiger partial charge in [0.1, 0.15) is 0 Å². The topological polar surface area (TPSA) is 79.1 Å². The van der Waals surface area contributed by atoms with Gasteiger partial charge in [0.15, 0.2) is 0 Å². The molecule has 1 aliphatic carbocycles. The second-order valence-corrected chi connectivity index (χ2v) is 3.50. The van der Waals surface area contributed by atoms with Crippen molar-refractivity contribution in [2.24, 2.45) is 17.6 Å². The molecule has 0 radical (unpaired) electrons. The second kappa shape index (κ2) is 2.88. The number of carboxylic acid groups (broad SMARTS) is 1. The van der Waals surface area contributed by atoms with Crippen LogP contribution in [0.15, 0.2) is 18.3 Å². The maximum atomic E-state index is 10.6. The van der Waals surface area contributed by atoms with Crippen molar-refractivity contribution in [3.8, 4) is 0 Å². The predicted molar refractivity (Wildman–Crippen MR) is 47.0 cm³/mol. The number of aromatic nitrogens is 1. The summed E-state index contributed by atoms with van der Waals surface area (Å²) in [5, 5.41) is 8.70. The molecule has 1 aromatic heterocycles. The molecule has 0 aliphatic heterocycles. The van der Waals surface area contributed by atoms with Crippen molar-refractivity contribution in [2.75, 3.05) is 0 Å². The van der Waals surface area contributed by atoms with Gasteiger partial charge in [-0.2, -0.15) is 0 Å². The maximum Gasteiger partial charge on any atom is 0.306 e. The molecule has 0 bridgehead atoms. The van der Waals surface area contributed by atoms with Gasteiger partial charge in [0.05, 0.1) is 5.92 Å². The van der Waals surface area contributed by atoms with Crippen LogP contribution < -0.4 is 5.73 Å². The van der Waals surface area contributed by atoms with Crippen molar-refractivity contribution < 1.29 is 9.90 Å². The highest BCUT2D eigenvalue weighted by Crippen LogP contribution is 2.45. The lowest BCUT2D eigenvalue weighted by atomic mass is 10.1. The number of hydrogen-bond acceptors (Lipinski definition) is 2. The molecular formula is C9H12N2O2. The molecular weight excluding hydrogens is 168 g/mol. The molecule has 4 heteroatoms. The lowest BCUT2D eigenvalue weighted by Gasteiger charge is -2.07. The summed E-state index contributed by atoms with van der Waals surface area (Å²) in [6, 6.07) is 3.60. The molecule has 4 nitrogen and oxygen atoms in total. The number of carboxylic acids is 1. The number of aliphatic carboxylic acids is 1. The van der Waals surface area contributed by atoms with Gasteiger partial charge < -0.3 is 15.8 Å². The zero-order valence-corrected chi connectivity index (χ0v) is 7.10. The van der Waals surface area contributed by atoms with Crippen LogP contribution in [0, 0.1) is 11.8 Å². The Morgan fingerprint density at radius 3 is 3.00 bits per heavy atom. The lowest BCUT2D eigenvalue weighted by Crippen LogP contribution is -2.15. The Balaban J connectivity index is 2.01. The lowest BCUT2D eigenvalue weighted by molar-refractivity contribution is -0.138. The Labute approximate surface area is 75.8 Å². The van der Waals surface area contributed by atoms with Gasteiger partial charge in [-0.15, -0.1) is 0 Å². The fourth-order valence-corrected chi connectivity index (χ4v) is 1.68. The molecule has 4 N–H and O–H groups in total. The Kier molecular flexibility index (Phi) is 1.84. The van der Waals surface area contributed by atoms with E-state index in [-0.39, 0.29) is 17.9 Å². The van der Waals surface area contributed by atoms with Crippen molar-refractivity contribution in [2.45, 2.75) is 12.5 Å². The SMILES string of the molecule is NC(c1ccc[nH]1)C1CC1C(=O)O. The van der Waals surface area contributed by atoms with E-state index in [2.05, 4.69) is 4.98 Å². The van der Waals surface area contributed by atoms with Crippen LogP contribution >= 0.6 is 0 Å². The summed E-state index contributed by atoms with van der Waals surface area (Å²) < 4.78 is 0. The molecule has 0 spiro atoms. The Morgan fingerprint density at radius 2 is 2.54 bits per heavy atom. The predicted octanol–water partition coefficient (Wildman–Crippen LogP) is 0.735. The van der Waals surface area contributed by atoms with E-state index < -0.39 is 5.97 Å². The van der Waals surface area contributed by atoms with Crippen LogP contribution in [0.1, 0.15) is 18.2 Å². The van der Waals surface area contributed by atoms with Gasteiger partial charge in [-0.25, -0.2) is 0 Å². The molecule has 2 rings (SSSR count). The number of aromatic amines is 1. The molecule has 13 heavy (non-hydrogen) atoms. The molecule has 70 valence electrons. The van der Waals surface area contributed by atoms with Crippen LogP contribution in [-0.2, 0) is 4.79 Å². The number of rotatable bonds is 3. The van der Waals surface area contributed by atoms with Crippen LogP contribution in [0.2, 0.25) is 0 Å². The third-order valence-electron chi connectivity index (χ3n) is 2.60. The maximum absolute atomic E-state index is 10.6. The molecule has 1 saturated carbocycles. The van der Waals surface area contributed by atoms with Crippen LogP contribution in [0.4, 0.5) is 0 Å². The summed E-state index contributed by atoms with van der Waals surface area (Å²) in [6.45, 7) is 0. The van der Waals surface area contributed by atoms with Crippen LogP contribution in [0.3, 0.4) is 0 Å². The minimum absolute atomic E-state index is 0.108. The summed E-state index contributed by atoms with van der Waals surface area (Å²) in [6.07, 6.45) is 2.50. The van der Waals surface area contributed by atoms with Crippen LogP contribution in [0.5, 0.6) is 0 Å². The quantitative estimate of drug-likeness (QED) is 0.641. The minimum atomic E-state index is -0.730. The van der Waals surface area contributed by atoms with E-state index in [1.54, 1.807) is 6.20 Å². The number of H-pyrrole nitrogens is 1. The fraction of sp³-hybridized carbons (Fsp3) is 0.444. The smallest absolute Gasteiger partial charge is 0.306 e. The van der Waals surface area contributed by atoms with Crippen molar-refractivity contribution in [3.05, 3.63) is 24.0 Å². The highest BCUT2D eigenvalue weighted by molar-refractivity contribution is 5.73. The second-order valence-electron chi connectivity index (χ2n) is 3.50. The van der Waals surface area contributed by atoms with Crippen molar-refractivity contribution in [1.82, 2.24) is 4.98 Å². The zero-order chi connectivity index (χ0) is 9.42. The molecule has 1 heterocycles. The third kappa shape index (κ3) is 1.45. The summed E-state index contributed by atoms with van der Waals surface area (Å²) >= 11 is 0. The van der Waals surface area contributed by atoms with Gasteiger partial charge in [0.25, 0.3) is 0 Å². The van der Waals surface area contributed by atoms with E-state index in [4.69, 9.17) is 10.8 Å². The highest BCUT2D eigenvalue weighted by atomic mass is 16.4. The fourth-order valence-electron chi connectivity index (χ4n) is 1.68. The standard InChI is InChI=1S/C9H12N2O2/c10-8(7-2-1-3-11-7)5-4-6(5)9(12)13/h1-3,5-6,8,11H,4,10H2,(H,12,13). The number of nitrogens with two attached hydrogens (primary N) is 1. The average molecular weight is 180 g/mol. The first-order chi connectivity index (χ1) is 6.20. The van der Waals surface area contributed by atoms with Gasteiger partial charge in [0, 0.05) is 17.9 Å². The Morgan fingerprint density at radius 1 is 1.77 bits per heavy atom. The number of nitrogens with one attached hydrogen (secondary N) is 1. The van der Waals surface area contributed by atoms with Crippen LogP contribution in [0.25, 0.3) is 0 Å². The van der Waals surface area contributed by atoms with Gasteiger partial charge in [0.2, 0.25) is 0 Å². The first-order valence-corrected chi connectivity index (χ1v) is 4.32. The van der Waals surface area contributed by atoms with E-state index in [1.165, 1.54) is 0 Å². The first kappa shape index (κ1) is 8.31. The summed E-state index contributed by atoms with van der Waals surface area (Å²) in [4.78, 5) is 13.6. The zero-order valence-electron chi connectivity index (χ0n) is 7.10. The monoisotopic (exact) mass is 180 g/mol. The van der Waals surface area contributed by atoms with Gasteiger partial charge in [-0.05, 0) is 24.5 Å². The number of hydrogen-bond donors (Lipinski definition) is 3. The molecule has 0 amide bonds. The van der Waals surface area contributed by atoms with Gasteiger partial charge in [-0.1, -0.05) is 0 Å². The Hall–Kier alpha value is -1.29. The molecule has 1 fully saturated rings. The first-order valence-electron chi connectivity index (χ1n) is 4.32. The molecule has 3 atom stereocenters. The van der Waals surface area contributed by atoms with Crippen molar-refractivity contribution in [1.29, 1.82) is 0 Å². The van der Waals surface area contributed by atoms with E-state index in [0.29, 0.717) is 6.42 Å².